The maximum atomic E-state index is 9.35. The van der Waals surface area contributed by atoms with Crippen LogP contribution in [0.1, 0.15) is 30.4 Å². The van der Waals surface area contributed by atoms with Gasteiger partial charge in [-0.2, -0.15) is 5.26 Å². The summed E-state index contributed by atoms with van der Waals surface area (Å²) in [5, 5.41) is 17.2. The van der Waals surface area contributed by atoms with Crippen LogP contribution in [0.25, 0.3) is 5.69 Å². The molecule has 1 saturated carbocycles. The number of rotatable bonds is 3. The van der Waals surface area contributed by atoms with Crippen molar-refractivity contribution in [2.24, 2.45) is 0 Å². The maximum Gasteiger partial charge on any atom is 0.168 e. The number of nitrogens with one attached hydrogen (secondary N) is 1. The standard InChI is InChI=1S/C15H16BrN5/c1-9-7-10(16)5-6-13(9)21-14(18)12(8-17)15(20-21)19-11-3-2-4-11/h5-7,11H,2-4,18H2,1H3,(H,19,20). The Balaban J connectivity index is 2.04. The molecule has 0 atom stereocenters. The summed E-state index contributed by atoms with van der Waals surface area (Å²) in [6, 6.07) is 8.45. The Hall–Kier alpha value is -2.00. The van der Waals surface area contributed by atoms with Gasteiger partial charge in [0, 0.05) is 10.5 Å². The van der Waals surface area contributed by atoms with Crippen LogP contribution in [0.3, 0.4) is 0 Å². The average molecular weight is 346 g/mol. The van der Waals surface area contributed by atoms with Gasteiger partial charge in [0.1, 0.15) is 17.5 Å². The van der Waals surface area contributed by atoms with Crippen molar-refractivity contribution >= 4 is 27.6 Å². The molecule has 6 heteroatoms. The minimum absolute atomic E-state index is 0.379. The van der Waals surface area contributed by atoms with Crippen molar-refractivity contribution in [2.75, 3.05) is 11.1 Å². The van der Waals surface area contributed by atoms with E-state index in [-0.39, 0.29) is 0 Å². The van der Waals surface area contributed by atoms with E-state index < -0.39 is 0 Å². The molecule has 5 nitrogen and oxygen atoms in total. The number of nitrogen functional groups attached to an aromatic ring is 1. The van der Waals surface area contributed by atoms with Crippen LogP contribution in [-0.4, -0.2) is 15.8 Å². The maximum absolute atomic E-state index is 9.35. The normalized spacial score (nSPS) is 14.5. The van der Waals surface area contributed by atoms with Crippen LogP contribution < -0.4 is 11.1 Å². The van der Waals surface area contributed by atoms with Crippen LogP contribution in [0.15, 0.2) is 22.7 Å². The molecule has 1 aliphatic carbocycles. The topological polar surface area (TPSA) is 79.7 Å². The van der Waals surface area contributed by atoms with Gasteiger partial charge in [0.05, 0.1) is 5.69 Å². The van der Waals surface area contributed by atoms with Gasteiger partial charge >= 0.3 is 0 Å². The Labute approximate surface area is 131 Å². The van der Waals surface area contributed by atoms with Gasteiger partial charge in [-0.3, -0.25) is 0 Å². The number of halogens is 1. The molecule has 0 amide bonds. The highest BCUT2D eigenvalue weighted by Crippen LogP contribution is 2.30. The first-order valence-electron chi connectivity index (χ1n) is 6.92. The average Bonchev–Trinajstić information content (AvgIpc) is 2.70. The molecule has 108 valence electrons. The van der Waals surface area contributed by atoms with Crippen LogP contribution in [0.5, 0.6) is 0 Å². The lowest BCUT2D eigenvalue weighted by molar-refractivity contribution is 0.444. The van der Waals surface area contributed by atoms with Crippen LogP contribution >= 0.6 is 15.9 Å². The molecule has 3 N–H and O–H groups in total. The predicted octanol–water partition coefficient (Wildman–Crippen LogP) is 3.36. The third-order valence-corrected chi connectivity index (χ3v) is 4.36. The van der Waals surface area contributed by atoms with Gasteiger partial charge in [0.2, 0.25) is 0 Å². The Bertz CT molecular complexity index is 724. The number of hydrogen-bond donors (Lipinski definition) is 2. The first-order chi connectivity index (χ1) is 10.1. The molecule has 0 unspecified atom stereocenters. The van der Waals surface area contributed by atoms with Gasteiger partial charge in [-0.25, -0.2) is 4.68 Å². The van der Waals surface area contributed by atoms with E-state index in [0.717, 1.165) is 28.6 Å². The molecule has 0 radical (unpaired) electrons. The number of nitrogens with zero attached hydrogens (tertiary/aromatic N) is 3. The third-order valence-electron chi connectivity index (χ3n) is 3.87. The van der Waals surface area contributed by atoms with E-state index in [2.05, 4.69) is 32.4 Å². The lowest BCUT2D eigenvalue weighted by Crippen LogP contribution is -2.27. The molecule has 0 spiro atoms. The van der Waals surface area contributed by atoms with E-state index in [9.17, 15) is 5.26 Å². The number of nitrogens with two attached hydrogens (primary N) is 1. The number of anilines is 2. The van der Waals surface area contributed by atoms with Gasteiger partial charge < -0.3 is 11.1 Å². The van der Waals surface area contributed by atoms with Crippen molar-refractivity contribution in [1.82, 2.24) is 9.78 Å². The largest absolute Gasteiger partial charge is 0.382 e. The summed E-state index contributed by atoms with van der Waals surface area (Å²) in [6.45, 7) is 1.99. The summed E-state index contributed by atoms with van der Waals surface area (Å²) in [5.74, 6) is 0.965. The quantitative estimate of drug-likeness (QED) is 0.893. The number of aromatic nitrogens is 2. The molecule has 0 saturated heterocycles. The van der Waals surface area contributed by atoms with Crippen molar-refractivity contribution in [3.63, 3.8) is 0 Å². The number of nitriles is 1. The van der Waals surface area contributed by atoms with Gasteiger partial charge in [0.15, 0.2) is 5.82 Å². The van der Waals surface area contributed by atoms with E-state index in [1.165, 1.54) is 6.42 Å². The molecule has 1 aromatic carbocycles. The van der Waals surface area contributed by atoms with E-state index in [1.807, 2.05) is 25.1 Å². The summed E-state index contributed by atoms with van der Waals surface area (Å²) in [7, 11) is 0. The molecular weight excluding hydrogens is 330 g/mol. The Morgan fingerprint density at radius 2 is 2.24 bits per heavy atom. The second-order valence-electron chi connectivity index (χ2n) is 5.34. The van der Waals surface area contributed by atoms with Crippen molar-refractivity contribution in [3.05, 3.63) is 33.8 Å². The van der Waals surface area contributed by atoms with E-state index in [1.54, 1.807) is 4.68 Å². The van der Waals surface area contributed by atoms with Crippen molar-refractivity contribution in [3.8, 4) is 11.8 Å². The molecule has 1 aliphatic rings. The lowest BCUT2D eigenvalue weighted by Gasteiger charge is -2.26. The first kappa shape index (κ1) is 14.0. The summed E-state index contributed by atoms with van der Waals surface area (Å²) in [6.07, 6.45) is 3.46. The zero-order valence-corrected chi connectivity index (χ0v) is 13.3. The molecule has 21 heavy (non-hydrogen) atoms. The van der Waals surface area contributed by atoms with Crippen molar-refractivity contribution in [1.29, 1.82) is 5.26 Å². The number of aryl methyl sites for hydroxylation is 1. The van der Waals surface area contributed by atoms with Crippen LogP contribution in [0, 0.1) is 18.3 Å². The summed E-state index contributed by atoms with van der Waals surface area (Å²) < 4.78 is 2.64. The van der Waals surface area contributed by atoms with Gasteiger partial charge in [-0.15, -0.1) is 5.10 Å². The highest BCUT2D eigenvalue weighted by atomic mass is 79.9. The van der Waals surface area contributed by atoms with E-state index >= 15 is 0 Å². The molecular formula is C15H16BrN5. The van der Waals surface area contributed by atoms with Crippen LogP contribution in [-0.2, 0) is 0 Å². The second-order valence-corrected chi connectivity index (χ2v) is 6.25. The number of benzene rings is 1. The highest BCUT2D eigenvalue weighted by molar-refractivity contribution is 9.10. The van der Waals surface area contributed by atoms with Crippen LogP contribution in [0.2, 0.25) is 0 Å². The molecule has 3 rings (SSSR count). The molecule has 0 aliphatic heterocycles. The fourth-order valence-corrected chi connectivity index (χ4v) is 2.90. The summed E-state index contributed by atoms with van der Waals surface area (Å²) >= 11 is 3.44. The van der Waals surface area contributed by atoms with Gasteiger partial charge in [-0.05, 0) is 49.9 Å². The highest BCUT2D eigenvalue weighted by Gasteiger charge is 2.23. The molecule has 1 fully saturated rings. The van der Waals surface area contributed by atoms with E-state index in [0.29, 0.717) is 23.2 Å². The van der Waals surface area contributed by atoms with Gasteiger partial charge in [0.25, 0.3) is 0 Å². The zero-order valence-electron chi connectivity index (χ0n) is 11.7. The molecule has 1 aromatic heterocycles. The Morgan fingerprint density at radius 3 is 2.81 bits per heavy atom. The predicted molar refractivity (Wildman–Crippen MR) is 86.4 cm³/mol. The van der Waals surface area contributed by atoms with Crippen LogP contribution in [0.4, 0.5) is 11.6 Å². The zero-order chi connectivity index (χ0) is 15.0. The fourth-order valence-electron chi connectivity index (χ4n) is 2.43. The first-order valence-corrected chi connectivity index (χ1v) is 7.71. The second kappa shape index (κ2) is 5.41. The number of hydrogen-bond acceptors (Lipinski definition) is 4. The monoisotopic (exact) mass is 345 g/mol. The summed E-state index contributed by atoms with van der Waals surface area (Å²) in [4.78, 5) is 0. The van der Waals surface area contributed by atoms with Crippen molar-refractivity contribution in [2.45, 2.75) is 32.2 Å². The SMILES string of the molecule is Cc1cc(Br)ccc1-n1nc(NC2CCC2)c(C#N)c1N. The Kier molecular flexibility index (Phi) is 3.60. The smallest absolute Gasteiger partial charge is 0.168 e. The minimum atomic E-state index is 0.379. The molecule has 2 aromatic rings. The summed E-state index contributed by atoms with van der Waals surface area (Å²) in [5.41, 5.74) is 8.46. The van der Waals surface area contributed by atoms with E-state index in [4.69, 9.17) is 5.73 Å². The minimum Gasteiger partial charge on any atom is -0.382 e. The molecule has 1 heterocycles. The Morgan fingerprint density at radius 1 is 1.48 bits per heavy atom. The van der Waals surface area contributed by atoms with Crippen molar-refractivity contribution < 1.29 is 0 Å². The lowest BCUT2D eigenvalue weighted by atomic mass is 9.93. The van der Waals surface area contributed by atoms with Gasteiger partial charge in [-0.1, -0.05) is 15.9 Å². The molecule has 0 bridgehead atoms. The third kappa shape index (κ3) is 2.49. The fraction of sp³-hybridized carbons (Fsp3) is 0.333.